The minimum absolute atomic E-state index is 0.124. The van der Waals surface area contributed by atoms with Crippen molar-refractivity contribution in [2.24, 2.45) is 0 Å². The highest BCUT2D eigenvalue weighted by Gasteiger charge is 2.17. The smallest absolute Gasteiger partial charge is 0.256 e. The molecule has 0 unspecified atom stereocenters. The van der Waals surface area contributed by atoms with Crippen LogP contribution in [0.25, 0.3) is 0 Å². The van der Waals surface area contributed by atoms with Gasteiger partial charge in [0.25, 0.3) is 11.8 Å². The summed E-state index contributed by atoms with van der Waals surface area (Å²) in [6.45, 7) is 4.31. The van der Waals surface area contributed by atoms with Crippen LogP contribution in [-0.2, 0) is 16.6 Å². The Labute approximate surface area is 191 Å². The SMILES string of the molecule is CNS(=O)(=O)c1cccc(CNC(=O)c2ccsc2NC(=O)c2ccc(C(C)C)cc2)c1. The molecular weight excluding hydrogens is 446 g/mol. The number of sulfonamides is 1. The van der Waals surface area contributed by atoms with E-state index >= 15 is 0 Å². The van der Waals surface area contributed by atoms with Crippen LogP contribution in [0.1, 0.15) is 51.6 Å². The van der Waals surface area contributed by atoms with E-state index in [-0.39, 0.29) is 23.3 Å². The van der Waals surface area contributed by atoms with Gasteiger partial charge < -0.3 is 10.6 Å². The Morgan fingerprint density at radius 2 is 1.72 bits per heavy atom. The normalized spacial score (nSPS) is 11.4. The molecule has 168 valence electrons. The van der Waals surface area contributed by atoms with Crippen LogP contribution in [0, 0.1) is 0 Å². The molecule has 0 saturated carbocycles. The minimum Gasteiger partial charge on any atom is -0.348 e. The number of anilines is 1. The second kappa shape index (κ2) is 10.1. The highest BCUT2D eigenvalue weighted by Crippen LogP contribution is 2.24. The number of rotatable bonds is 8. The molecule has 3 rings (SSSR count). The molecule has 0 spiro atoms. The molecule has 0 fully saturated rings. The third kappa shape index (κ3) is 5.61. The summed E-state index contributed by atoms with van der Waals surface area (Å²) < 4.78 is 26.2. The molecule has 7 nitrogen and oxygen atoms in total. The summed E-state index contributed by atoms with van der Waals surface area (Å²) in [7, 11) is -2.22. The van der Waals surface area contributed by atoms with Crippen molar-refractivity contribution in [1.82, 2.24) is 10.0 Å². The van der Waals surface area contributed by atoms with Crippen molar-refractivity contribution in [2.75, 3.05) is 12.4 Å². The largest absolute Gasteiger partial charge is 0.348 e. The van der Waals surface area contributed by atoms with Crippen molar-refractivity contribution in [3.8, 4) is 0 Å². The van der Waals surface area contributed by atoms with E-state index in [4.69, 9.17) is 0 Å². The van der Waals surface area contributed by atoms with Gasteiger partial charge in [0.2, 0.25) is 10.0 Å². The molecule has 0 saturated heterocycles. The molecule has 0 bridgehead atoms. The molecule has 0 aliphatic rings. The summed E-state index contributed by atoms with van der Waals surface area (Å²) in [4.78, 5) is 25.4. The summed E-state index contributed by atoms with van der Waals surface area (Å²) >= 11 is 1.26. The van der Waals surface area contributed by atoms with E-state index in [2.05, 4.69) is 29.2 Å². The van der Waals surface area contributed by atoms with Gasteiger partial charge in [-0.2, -0.15) is 0 Å². The van der Waals surface area contributed by atoms with Gasteiger partial charge in [0.1, 0.15) is 5.00 Å². The first kappa shape index (κ1) is 23.6. The van der Waals surface area contributed by atoms with Crippen LogP contribution >= 0.6 is 11.3 Å². The van der Waals surface area contributed by atoms with Gasteiger partial charge >= 0.3 is 0 Å². The number of benzene rings is 2. The second-order valence-electron chi connectivity index (χ2n) is 7.43. The van der Waals surface area contributed by atoms with E-state index in [0.717, 1.165) is 5.56 Å². The van der Waals surface area contributed by atoms with E-state index in [1.807, 2.05) is 12.1 Å². The highest BCUT2D eigenvalue weighted by atomic mass is 32.2. The van der Waals surface area contributed by atoms with E-state index in [1.54, 1.807) is 35.7 Å². The van der Waals surface area contributed by atoms with E-state index in [9.17, 15) is 18.0 Å². The Kier molecular flexibility index (Phi) is 7.44. The Bertz CT molecular complexity index is 1220. The maximum atomic E-state index is 12.7. The fourth-order valence-electron chi connectivity index (χ4n) is 3.00. The molecule has 9 heteroatoms. The first-order valence-electron chi connectivity index (χ1n) is 10.0. The van der Waals surface area contributed by atoms with Crippen LogP contribution in [0.3, 0.4) is 0 Å². The molecule has 0 aliphatic heterocycles. The van der Waals surface area contributed by atoms with Gasteiger partial charge in [-0.25, -0.2) is 13.1 Å². The molecule has 2 amide bonds. The van der Waals surface area contributed by atoms with Gasteiger partial charge in [0, 0.05) is 12.1 Å². The lowest BCUT2D eigenvalue weighted by molar-refractivity contribution is 0.0952. The van der Waals surface area contributed by atoms with E-state index in [1.165, 1.54) is 30.5 Å². The van der Waals surface area contributed by atoms with E-state index < -0.39 is 10.0 Å². The fourth-order valence-corrected chi connectivity index (χ4v) is 4.58. The van der Waals surface area contributed by atoms with Crippen LogP contribution in [0.15, 0.2) is 64.9 Å². The van der Waals surface area contributed by atoms with Crippen molar-refractivity contribution in [2.45, 2.75) is 31.2 Å². The molecule has 0 atom stereocenters. The van der Waals surface area contributed by atoms with Crippen molar-refractivity contribution in [3.05, 3.63) is 82.2 Å². The van der Waals surface area contributed by atoms with Crippen molar-refractivity contribution in [1.29, 1.82) is 0 Å². The Hall–Kier alpha value is -3.01. The predicted octanol–water partition coefficient (Wildman–Crippen LogP) is 3.96. The van der Waals surface area contributed by atoms with Gasteiger partial charge in [-0.1, -0.05) is 38.1 Å². The second-order valence-corrected chi connectivity index (χ2v) is 10.2. The Morgan fingerprint density at radius 1 is 1.00 bits per heavy atom. The lowest BCUT2D eigenvalue weighted by Crippen LogP contribution is -2.24. The maximum absolute atomic E-state index is 12.7. The van der Waals surface area contributed by atoms with Crippen molar-refractivity contribution in [3.63, 3.8) is 0 Å². The Morgan fingerprint density at radius 3 is 2.38 bits per heavy atom. The minimum atomic E-state index is -3.57. The van der Waals surface area contributed by atoms with Crippen LogP contribution in [0.4, 0.5) is 5.00 Å². The van der Waals surface area contributed by atoms with Gasteiger partial charge in [-0.05, 0) is 59.8 Å². The van der Waals surface area contributed by atoms with Gasteiger partial charge in [0.05, 0.1) is 10.5 Å². The molecule has 1 heterocycles. The lowest BCUT2D eigenvalue weighted by atomic mass is 10.0. The monoisotopic (exact) mass is 471 g/mol. The molecule has 2 aromatic carbocycles. The molecule has 3 aromatic rings. The van der Waals surface area contributed by atoms with Crippen LogP contribution < -0.4 is 15.4 Å². The van der Waals surface area contributed by atoms with Crippen LogP contribution in [0.5, 0.6) is 0 Å². The van der Waals surface area contributed by atoms with Crippen LogP contribution in [-0.4, -0.2) is 27.3 Å². The maximum Gasteiger partial charge on any atom is 0.256 e. The highest BCUT2D eigenvalue weighted by molar-refractivity contribution is 7.89. The lowest BCUT2D eigenvalue weighted by Gasteiger charge is -2.10. The molecule has 3 N–H and O–H groups in total. The summed E-state index contributed by atoms with van der Waals surface area (Å²) in [5.74, 6) is -0.279. The van der Waals surface area contributed by atoms with E-state index in [0.29, 0.717) is 27.6 Å². The van der Waals surface area contributed by atoms with Crippen molar-refractivity contribution < 1.29 is 18.0 Å². The number of nitrogens with one attached hydrogen (secondary N) is 3. The summed E-state index contributed by atoms with van der Waals surface area (Å²) in [5.41, 5.74) is 2.64. The summed E-state index contributed by atoms with van der Waals surface area (Å²) in [6, 6.07) is 15.3. The number of thiophene rings is 1. The van der Waals surface area contributed by atoms with Gasteiger partial charge in [-0.15, -0.1) is 11.3 Å². The van der Waals surface area contributed by atoms with Gasteiger partial charge in [-0.3, -0.25) is 9.59 Å². The standard InChI is InChI=1S/C23H25N3O4S2/c1-15(2)17-7-9-18(10-8-17)21(27)26-23-20(11-12-31-23)22(28)25-14-16-5-4-6-19(13-16)32(29,30)24-3/h4-13,15,24H,14H2,1-3H3,(H,25,28)(H,26,27). The number of carbonyl (C=O) groups excluding carboxylic acids is 2. The fraction of sp³-hybridized carbons (Fsp3) is 0.217. The zero-order valence-corrected chi connectivity index (χ0v) is 19.6. The molecule has 0 radical (unpaired) electrons. The zero-order valence-electron chi connectivity index (χ0n) is 18.0. The Balaban J connectivity index is 1.67. The predicted molar refractivity (Wildman–Crippen MR) is 127 cm³/mol. The topological polar surface area (TPSA) is 104 Å². The van der Waals surface area contributed by atoms with Crippen LogP contribution in [0.2, 0.25) is 0 Å². The molecule has 1 aromatic heterocycles. The average molecular weight is 472 g/mol. The summed E-state index contributed by atoms with van der Waals surface area (Å²) in [6.07, 6.45) is 0. The first-order chi connectivity index (χ1) is 15.2. The number of carbonyl (C=O) groups is 2. The number of hydrogen-bond acceptors (Lipinski definition) is 5. The zero-order chi connectivity index (χ0) is 23.3. The summed E-state index contributed by atoms with van der Waals surface area (Å²) in [5, 5.41) is 7.75. The average Bonchev–Trinajstić information content (AvgIpc) is 3.25. The quantitative estimate of drug-likeness (QED) is 0.462. The third-order valence-electron chi connectivity index (χ3n) is 4.91. The third-order valence-corrected chi connectivity index (χ3v) is 7.15. The number of hydrogen-bond donors (Lipinski definition) is 3. The number of amides is 2. The van der Waals surface area contributed by atoms with Crippen molar-refractivity contribution >= 4 is 38.2 Å². The molecule has 32 heavy (non-hydrogen) atoms. The van der Waals surface area contributed by atoms with Gasteiger partial charge in [0.15, 0.2) is 0 Å². The first-order valence-corrected chi connectivity index (χ1v) is 12.4. The molecular formula is C23H25N3O4S2. The molecule has 0 aliphatic carbocycles.